The molecule has 3 rings (SSSR count). The van der Waals surface area contributed by atoms with Gasteiger partial charge < -0.3 is 23.3 Å². The lowest BCUT2D eigenvalue weighted by Gasteiger charge is -2.46. The van der Waals surface area contributed by atoms with Gasteiger partial charge in [0.1, 0.15) is 0 Å². The Morgan fingerprint density at radius 3 is 1.95 bits per heavy atom. The van der Waals surface area contributed by atoms with Crippen LogP contribution >= 0.6 is 0 Å². The van der Waals surface area contributed by atoms with Gasteiger partial charge in [0, 0.05) is 33.1 Å². The van der Waals surface area contributed by atoms with Crippen molar-refractivity contribution in [3.63, 3.8) is 0 Å². The van der Waals surface area contributed by atoms with Crippen LogP contribution in [0.4, 0.5) is 0 Å². The Bertz CT molecular complexity index is 361. The van der Waals surface area contributed by atoms with E-state index in [2.05, 4.69) is 4.90 Å². The fourth-order valence-electron chi connectivity index (χ4n) is 3.24. The van der Waals surface area contributed by atoms with Gasteiger partial charge in [-0.15, -0.1) is 0 Å². The summed E-state index contributed by atoms with van der Waals surface area (Å²) in [5, 5.41) is 9.19. The van der Waals surface area contributed by atoms with Crippen molar-refractivity contribution in [1.29, 1.82) is 0 Å². The summed E-state index contributed by atoms with van der Waals surface area (Å²) in [4.78, 5) is 15.7. The number of fused-ring (bicyclic) bond motifs is 6. The van der Waals surface area contributed by atoms with E-state index in [1.165, 1.54) is 6.92 Å². The predicted octanol–water partition coefficient (Wildman–Crippen LogP) is -0.150. The molecule has 3 saturated heterocycles. The largest absolute Gasteiger partial charge is 0.522 e. The van der Waals surface area contributed by atoms with Crippen molar-refractivity contribution >= 4 is 14.7 Å². The first-order chi connectivity index (χ1) is 10.3. The smallest absolute Gasteiger partial charge is 0.395 e. The van der Waals surface area contributed by atoms with E-state index in [0.717, 1.165) is 19.6 Å². The summed E-state index contributed by atoms with van der Waals surface area (Å²) in [5.74, 6) is -0.106. The number of nitrogens with zero attached hydrogens (tertiary/aromatic N) is 2. The lowest BCUT2D eigenvalue weighted by molar-refractivity contribution is -0.131. The van der Waals surface area contributed by atoms with Gasteiger partial charge in [0.05, 0.1) is 31.1 Å². The highest BCUT2D eigenvalue weighted by molar-refractivity contribution is 6.61. The summed E-state index contributed by atoms with van der Waals surface area (Å²) in [6.07, 6.45) is 0.279. The van der Waals surface area contributed by atoms with Gasteiger partial charge in [0.15, 0.2) is 0 Å². The van der Waals surface area contributed by atoms with Crippen LogP contribution in [-0.4, -0.2) is 86.9 Å². The molecule has 3 atom stereocenters. The Morgan fingerprint density at radius 1 is 1.14 bits per heavy atom. The lowest BCUT2D eigenvalue weighted by Crippen LogP contribution is -2.66. The number of aliphatic hydroxyl groups is 1. The van der Waals surface area contributed by atoms with Crippen LogP contribution in [0.1, 0.15) is 27.7 Å². The molecule has 0 aliphatic carbocycles. The maximum Gasteiger partial charge on any atom is 0.522 e. The summed E-state index contributed by atoms with van der Waals surface area (Å²) < 4.78 is 18.6. The Hall–Kier alpha value is -0.513. The van der Waals surface area contributed by atoms with Crippen molar-refractivity contribution in [1.82, 2.24) is 9.80 Å². The van der Waals surface area contributed by atoms with Gasteiger partial charge in [0.25, 0.3) is 0 Å². The molecule has 0 aromatic rings. The van der Waals surface area contributed by atoms with Crippen LogP contribution in [0.15, 0.2) is 0 Å². The van der Waals surface area contributed by atoms with E-state index in [1.54, 1.807) is 4.90 Å². The summed E-state index contributed by atoms with van der Waals surface area (Å²) in [6.45, 7) is 10.2. The molecule has 7 nitrogen and oxygen atoms in total. The molecule has 128 valence electrons. The molecule has 0 spiro atoms. The molecule has 0 aromatic carbocycles. The van der Waals surface area contributed by atoms with Gasteiger partial charge in [-0.05, 0) is 20.8 Å². The number of hydrogen-bond donors (Lipinski definition) is 1. The van der Waals surface area contributed by atoms with Gasteiger partial charge in [-0.3, -0.25) is 9.69 Å². The highest BCUT2D eigenvalue weighted by Crippen LogP contribution is 2.25. The molecule has 3 aliphatic heterocycles. The SMILES string of the molecule is CC(=O)N(CCO)C[Si]12O[C@H](C)CN(C[C@H](C)O1)C[C@H](C)O2. The highest BCUT2D eigenvalue weighted by Gasteiger charge is 2.50. The Labute approximate surface area is 133 Å². The number of aliphatic hydroxyl groups excluding tert-OH is 1. The van der Waals surface area contributed by atoms with Gasteiger partial charge in [-0.1, -0.05) is 0 Å². The first kappa shape index (κ1) is 17.8. The van der Waals surface area contributed by atoms with Gasteiger partial charge in [-0.25, -0.2) is 0 Å². The van der Waals surface area contributed by atoms with Crippen LogP contribution in [0.2, 0.25) is 0 Å². The second-order valence-corrected chi connectivity index (χ2v) is 8.74. The molecule has 22 heavy (non-hydrogen) atoms. The standard InChI is InChI=1S/C14H28N2O5Si/c1-11-7-15-8-12(2)20-22(19-11,21-13(3)9-15)10-16(5-6-17)14(4)18/h11-13,17H,5-10H2,1-4H3/t11-,12-,13+/m0/s1. The molecular formula is C14H28N2O5Si. The summed E-state index contributed by atoms with van der Waals surface area (Å²) in [5.41, 5.74) is 0. The zero-order chi connectivity index (χ0) is 16.3. The minimum absolute atomic E-state index is 0.00500. The Balaban J connectivity index is 2.25. The minimum Gasteiger partial charge on any atom is -0.395 e. The van der Waals surface area contributed by atoms with Crippen LogP contribution in [0.25, 0.3) is 0 Å². The molecular weight excluding hydrogens is 304 g/mol. The van der Waals surface area contributed by atoms with Crippen molar-refractivity contribution in [3.8, 4) is 0 Å². The molecule has 0 radical (unpaired) electrons. The van der Waals surface area contributed by atoms with E-state index >= 15 is 0 Å². The van der Waals surface area contributed by atoms with E-state index < -0.39 is 8.80 Å². The number of amides is 1. The normalized spacial score (nSPS) is 39.0. The average molecular weight is 332 g/mol. The Kier molecular flexibility index (Phi) is 5.98. The summed E-state index contributed by atoms with van der Waals surface area (Å²) >= 11 is 0. The fourth-order valence-corrected chi connectivity index (χ4v) is 6.54. The van der Waals surface area contributed by atoms with Crippen molar-refractivity contribution in [2.45, 2.75) is 46.0 Å². The number of carbonyl (C=O) groups is 1. The van der Waals surface area contributed by atoms with Gasteiger partial charge >= 0.3 is 8.80 Å². The monoisotopic (exact) mass is 332 g/mol. The minimum atomic E-state index is -3.01. The molecule has 1 amide bonds. The molecule has 1 N–H and O–H groups in total. The second-order valence-electron chi connectivity index (χ2n) is 6.35. The number of hydrogen-bond acceptors (Lipinski definition) is 6. The quantitative estimate of drug-likeness (QED) is 0.722. The van der Waals surface area contributed by atoms with Gasteiger partial charge in [0.2, 0.25) is 5.91 Å². The molecule has 3 aliphatic rings. The zero-order valence-corrected chi connectivity index (χ0v) is 14.9. The third-order valence-corrected chi connectivity index (χ3v) is 6.94. The first-order valence-electron chi connectivity index (χ1n) is 7.95. The van der Waals surface area contributed by atoms with Crippen molar-refractivity contribution in [2.24, 2.45) is 0 Å². The molecule has 3 heterocycles. The summed E-state index contributed by atoms with van der Waals surface area (Å²) in [7, 11) is -3.01. The van der Waals surface area contributed by atoms with Crippen LogP contribution < -0.4 is 0 Å². The third-order valence-electron chi connectivity index (χ3n) is 3.89. The lowest BCUT2D eigenvalue weighted by atomic mass is 10.2. The highest BCUT2D eigenvalue weighted by atomic mass is 28.4. The number of rotatable bonds is 4. The van der Waals surface area contributed by atoms with Crippen LogP contribution in [0.3, 0.4) is 0 Å². The molecule has 0 aromatic heterocycles. The van der Waals surface area contributed by atoms with Crippen LogP contribution in [-0.2, 0) is 18.1 Å². The average Bonchev–Trinajstić information content (AvgIpc) is 2.33. The fraction of sp³-hybridized carbons (Fsp3) is 0.929. The topological polar surface area (TPSA) is 71.5 Å². The van der Waals surface area contributed by atoms with E-state index in [0.29, 0.717) is 6.17 Å². The maximum atomic E-state index is 11.8. The summed E-state index contributed by atoms with van der Waals surface area (Å²) in [6, 6.07) is 0. The molecule has 0 unspecified atom stereocenters. The molecule has 2 bridgehead atoms. The van der Waals surface area contributed by atoms with E-state index in [1.807, 2.05) is 20.8 Å². The van der Waals surface area contributed by atoms with E-state index in [-0.39, 0.29) is 37.4 Å². The molecule has 0 saturated carbocycles. The predicted molar refractivity (Wildman–Crippen MR) is 83.2 cm³/mol. The van der Waals surface area contributed by atoms with Crippen molar-refractivity contribution in [2.75, 3.05) is 39.0 Å². The van der Waals surface area contributed by atoms with Crippen molar-refractivity contribution < 1.29 is 23.2 Å². The maximum absolute atomic E-state index is 11.8. The molecule has 3 fully saturated rings. The number of carbonyl (C=O) groups excluding carboxylic acids is 1. The van der Waals surface area contributed by atoms with Gasteiger partial charge in [-0.2, -0.15) is 0 Å². The molecule has 8 heteroatoms. The van der Waals surface area contributed by atoms with Crippen LogP contribution in [0, 0.1) is 0 Å². The third kappa shape index (κ3) is 4.50. The van der Waals surface area contributed by atoms with E-state index in [9.17, 15) is 9.90 Å². The zero-order valence-electron chi connectivity index (χ0n) is 13.9. The Morgan fingerprint density at radius 2 is 1.59 bits per heavy atom. The van der Waals surface area contributed by atoms with E-state index in [4.69, 9.17) is 13.3 Å². The van der Waals surface area contributed by atoms with Crippen molar-refractivity contribution in [3.05, 3.63) is 0 Å². The second kappa shape index (κ2) is 7.37. The van der Waals surface area contributed by atoms with Crippen LogP contribution in [0.5, 0.6) is 0 Å². The first-order valence-corrected chi connectivity index (χ1v) is 9.89.